The Morgan fingerprint density at radius 3 is 2.95 bits per heavy atom. The normalized spacial score (nSPS) is 19.1. The Morgan fingerprint density at radius 2 is 2.30 bits per heavy atom. The van der Waals surface area contributed by atoms with Gasteiger partial charge in [0.05, 0.1) is 24.8 Å². The van der Waals surface area contributed by atoms with Crippen LogP contribution in [0.3, 0.4) is 0 Å². The van der Waals surface area contributed by atoms with Crippen LogP contribution in [0.15, 0.2) is 12.1 Å². The third-order valence-corrected chi connectivity index (χ3v) is 3.61. The molecule has 0 saturated carbocycles. The second-order valence-electron chi connectivity index (χ2n) is 5.09. The molecule has 1 N–H and O–H groups in total. The van der Waals surface area contributed by atoms with Crippen LogP contribution in [0, 0.1) is 0 Å². The lowest BCUT2D eigenvalue weighted by Gasteiger charge is -2.36. The molecule has 1 aliphatic rings. The summed E-state index contributed by atoms with van der Waals surface area (Å²) < 4.78 is 5.49. The molecule has 1 aliphatic heterocycles. The Hall–Kier alpha value is -1.62. The number of carbonyl (C=O) groups is 1. The van der Waals surface area contributed by atoms with Crippen LogP contribution in [0.25, 0.3) is 0 Å². The molecule has 1 atom stereocenters. The Bertz CT molecular complexity index is 476. The smallest absolute Gasteiger partial charge is 0.335 e. The van der Waals surface area contributed by atoms with Gasteiger partial charge < -0.3 is 14.7 Å². The molecular weight excluding hydrogens is 256 g/mol. The number of aryl methyl sites for hydroxylation is 1. The van der Waals surface area contributed by atoms with Crippen LogP contribution >= 0.6 is 0 Å². The zero-order valence-corrected chi connectivity index (χ0v) is 12.1. The van der Waals surface area contributed by atoms with Crippen LogP contribution in [-0.2, 0) is 11.2 Å². The van der Waals surface area contributed by atoms with E-state index in [2.05, 4.69) is 23.7 Å². The second kappa shape index (κ2) is 6.70. The highest BCUT2D eigenvalue weighted by Gasteiger charge is 2.23. The van der Waals surface area contributed by atoms with Crippen LogP contribution in [0.2, 0.25) is 0 Å². The van der Waals surface area contributed by atoms with Crippen LogP contribution in [0.4, 0.5) is 5.82 Å². The van der Waals surface area contributed by atoms with Gasteiger partial charge in [0, 0.05) is 12.2 Å². The van der Waals surface area contributed by atoms with Crippen LogP contribution in [0.1, 0.15) is 42.7 Å². The SMILES string of the molecule is CCCc1cc(C(=O)O)cc(N2CCOCC2CC)n1. The number of aromatic carboxylic acids is 1. The molecule has 2 rings (SSSR count). The van der Waals surface area contributed by atoms with Gasteiger partial charge in [-0.15, -0.1) is 0 Å². The standard InChI is InChI=1S/C15H22N2O3/c1-3-5-12-8-11(15(18)19)9-14(16-12)17-6-7-20-10-13(17)4-2/h8-9,13H,3-7,10H2,1-2H3,(H,18,19). The van der Waals surface area contributed by atoms with Crippen molar-refractivity contribution in [2.75, 3.05) is 24.7 Å². The van der Waals surface area contributed by atoms with Crippen molar-refractivity contribution in [3.63, 3.8) is 0 Å². The van der Waals surface area contributed by atoms with Crippen molar-refractivity contribution in [1.82, 2.24) is 4.98 Å². The summed E-state index contributed by atoms with van der Waals surface area (Å²) >= 11 is 0. The number of morpholine rings is 1. The molecule has 1 aromatic rings. The van der Waals surface area contributed by atoms with Crippen LogP contribution in [-0.4, -0.2) is 41.9 Å². The molecule has 1 saturated heterocycles. The van der Waals surface area contributed by atoms with Gasteiger partial charge in [0.15, 0.2) is 0 Å². The van der Waals surface area contributed by atoms with Gasteiger partial charge in [-0.05, 0) is 25.0 Å². The van der Waals surface area contributed by atoms with Gasteiger partial charge in [0.2, 0.25) is 0 Å². The van der Waals surface area contributed by atoms with Crippen molar-refractivity contribution in [2.45, 2.75) is 39.2 Å². The topological polar surface area (TPSA) is 62.7 Å². The van der Waals surface area contributed by atoms with Crippen LogP contribution in [0.5, 0.6) is 0 Å². The third kappa shape index (κ3) is 3.28. The highest BCUT2D eigenvalue weighted by Crippen LogP contribution is 2.22. The van der Waals surface area contributed by atoms with Gasteiger partial charge in [-0.3, -0.25) is 0 Å². The molecule has 0 aliphatic carbocycles. The van der Waals surface area contributed by atoms with E-state index in [9.17, 15) is 9.90 Å². The molecule has 5 heteroatoms. The number of hydrogen-bond acceptors (Lipinski definition) is 4. The Balaban J connectivity index is 2.35. The number of carboxylic acid groups (broad SMARTS) is 1. The molecule has 0 amide bonds. The number of aromatic nitrogens is 1. The zero-order valence-electron chi connectivity index (χ0n) is 12.1. The predicted molar refractivity (Wildman–Crippen MR) is 77.4 cm³/mol. The summed E-state index contributed by atoms with van der Waals surface area (Å²) in [7, 11) is 0. The monoisotopic (exact) mass is 278 g/mol. The van der Waals surface area contributed by atoms with E-state index in [0.29, 0.717) is 18.8 Å². The Labute approximate surface area is 119 Å². The molecule has 110 valence electrons. The molecular formula is C15H22N2O3. The summed E-state index contributed by atoms with van der Waals surface area (Å²) in [5, 5.41) is 9.25. The molecule has 20 heavy (non-hydrogen) atoms. The van der Waals surface area contributed by atoms with Crippen molar-refractivity contribution in [3.05, 3.63) is 23.4 Å². The summed E-state index contributed by atoms with van der Waals surface area (Å²) in [6.45, 7) is 6.29. The maximum Gasteiger partial charge on any atom is 0.335 e. The molecule has 0 radical (unpaired) electrons. The quantitative estimate of drug-likeness (QED) is 0.895. The molecule has 1 fully saturated rings. The number of hydrogen-bond donors (Lipinski definition) is 1. The number of anilines is 1. The van der Waals surface area contributed by atoms with E-state index in [1.165, 1.54) is 0 Å². The van der Waals surface area contributed by atoms with Gasteiger partial charge in [-0.25, -0.2) is 9.78 Å². The highest BCUT2D eigenvalue weighted by molar-refractivity contribution is 5.88. The molecule has 1 unspecified atom stereocenters. The number of ether oxygens (including phenoxy) is 1. The fourth-order valence-electron chi connectivity index (χ4n) is 2.52. The summed E-state index contributed by atoms with van der Waals surface area (Å²) in [5.41, 5.74) is 1.17. The molecule has 0 spiro atoms. The zero-order chi connectivity index (χ0) is 14.5. The first kappa shape index (κ1) is 14.8. The molecule has 5 nitrogen and oxygen atoms in total. The number of pyridine rings is 1. The molecule has 0 bridgehead atoms. The average Bonchev–Trinajstić information content (AvgIpc) is 2.47. The number of nitrogens with zero attached hydrogens (tertiary/aromatic N) is 2. The minimum absolute atomic E-state index is 0.273. The molecule has 1 aromatic heterocycles. The van der Waals surface area contributed by atoms with Gasteiger partial charge >= 0.3 is 5.97 Å². The van der Waals surface area contributed by atoms with Crippen molar-refractivity contribution >= 4 is 11.8 Å². The first-order valence-corrected chi connectivity index (χ1v) is 7.24. The minimum Gasteiger partial charge on any atom is -0.478 e. The van der Waals surface area contributed by atoms with Crippen molar-refractivity contribution < 1.29 is 14.6 Å². The summed E-state index contributed by atoms with van der Waals surface area (Å²) in [5.74, 6) is -0.129. The van der Waals surface area contributed by atoms with E-state index in [0.717, 1.165) is 37.3 Å². The van der Waals surface area contributed by atoms with E-state index in [-0.39, 0.29) is 6.04 Å². The average molecular weight is 278 g/mol. The fraction of sp³-hybridized carbons (Fsp3) is 0.600. The van der Waals surface area contributed by atoms with Crippen LogP contribution < -0.4 is 4.90 Å². The first-order chi connectivity index (χ1) is 9.65. The number of carboxylic acids is 1. The minimum atomic E-state index is -0.896. The highest BCUT2D eigenvalue weighted by atomic mass is 16.5. The lowest BCUT2D eigenvalue weighted by Crippen LogP contribution is -2.45. The maximum absolute atomic E-state index is 11.3. The van der Waals surface area contributed by atoms with Crippen molar-refractivity contribution in [2.24, 2.45) is 0 Å². The van der Waals surface area contributed by atoms with E-state index >= 15 is 0 Å². The third-order valence-electron chi connectivity index (χ3n) is 3.61. The van der Waals surface area contributed by atoms with Gasteiger partial charge in [0.25, 0.3) is 0 Å². The van der Waals surface area contributed by atoms with Crippen molar-refractivity contribution in [1.29, 1.82) is 0 Å². The lowest BCUT2D eigenvalue weighted by atomic mass is 10.1. The maximum atomic E-state index is 11.3. The van der Waals surface area contributed by atoms with Gasteiger partial charge in [-0.2, -0.15) is 0 Å². The van der Waals surface area contributed by atoms with Crippen molar-refractivity contribution in [3.8, 4) is 0 Å². The van der Waals surface area contributed by atoms with E-state index in [1.54, 1.807) is 12.1 Å². The Morgan fingerprint density at radius 1 is 1.50 bits per heavy atom. The summed E-state index contributed by atoms with van der Waals surface area (Å²) in [4.78, 5) is 18.1. The predicted octanol–water partition coefficient (Wildman–Crippen LogP) is 2.35. The summed E-state index contributed by atoms with van der Waals surface area (Å²) in [6, 6.07) is 3.63. The van der Waals surface area contributed by atoms with E-state index < -0.39 is 5.97 Å². The van der Waals surface area contributed by atoms with Gasteiger partial charge in [0.1, 0.15) is 5.82 Å². The fourth-order valence-corrected chi connectivity index (χ4v) is 2.52. The molecule has 2 heterocycles. The van der Waals surface area contributed by atoms with E-state index in [4.69, 9.17) is 4.74 Å². The summed E-state index contributed by atoms with van der Waals surface area (Å²) in [6.07, 6.45) is 2.72. The van der Waals surface area contributed by atoms with E-state index in [1.807, 2.05) is 0 Å². The Kier molecular flexibility index (Phi) is 4.95. The first-order valence-electron chi connectivity index (χ1n) is 7.24. The molecule has 0 aromatic carbocycles. The van der Waals surface area contributed by atoms with Gasteiger partial charge in [-0.1, -0.05) is 20.3 Å². The lowest BCUT2D eigenvalue weighted by molar-refractivity contribution is 0.0696. The largest absolute Gasteiger partial charge is 0.478 e. The number of rotatable bonds is 5. The second-order valence-corrected chi connectivity index (χ2v) is 5.09.